The Morgan fingerprint density at radius 2 is 1.43 bits per heavy atom. The first kappa shape index (κ1) is 24.3. The summed E-state index contributed by atoms with van der Waals surface area (Å²) in [6.45, 7) is 13.3. The molecule has 35 heavy (non-hydrogen) atoms. The van der Waals surface area contributed by atoms with Crippen molar-refractivity contribution >= 4 is 11.9 Å². The molecule has 0 aromatic carbocycles. The lowest BCUT2D eigenvalue weighted by Crippen LogP contribution is -2.60. The fourth-order valence-corrected chi connectivity index (χ4v) is 10.3. The zero-order valence-corrected chi connectivity index (χ0v) is 23.0. The van der Waals surface area contributed by atoms with E-state index in [0.29, 0.717) is 17.8 Å². The van der Waals surface area contributed by atoms with E-state index in [-0.39, 0.29) is 51.7 Å². The van der Waals surface area contributed by atoms with Crippen molar-refractivity contribution in [3.63, 3.8) is 0 Å². The molecule has 196 valence electrons. The molecule has 0 saturated heterocycles. The molecule has 0 N–H and O–H groups in total. The van der Waals surface area contributed by atoms with Crippen molar-refractivity contribution in [1.82, 2.24) is 0 Å². The maximum Gasteiger partial charge on any atom is 0.312 e. The van der Waals surface area contributed by atoms with Crippen molar-refractivity contribution in [3.05, 3.63) is 0 Å². The number of hydrogen-bond acceptors (Lipinski definition) is 4. The first-order valence-electron chi connectivity index (χ1n) is 14.8. The molecule has 7 fully saturated rings. The van der Waals surface area contributed by atoms with Crippen molar-refractivity contribution in [2.24, 2.45) is 57.7 Å². The summed E-state index contributed by atoms with van der Waals surface area (Å²) < 4.78 is 13.0. The molecular formula is C31H48O4. The van der Waals surface area contributed by atoms with E-state index in [9.17, 15) is 9.59 Å². The Labute approximate surface area is 212 Å². The summed E-state index contributed by atoms with van der Waals surface area (Å²) in [5.41, 5.74) is -0.510. The molecule has 7 rings (SSSR count). The third-order valence-corrected chi connectivity index (χ3v) is 11.8. The van der Waals surface area contributed by atoms with Gasteiger partial charge in [0.15, 0.2) is 0 Å². The quantitative estimate of drug-likeness (QED) is 0.383. The maximum absolute atomic E-state index is 13.8. The van der Waals surface area contributed by atoms with Gasteiger partial charge in [-0.1, -0.05) is 41.5 Å². The van der Waals surface area contributed by atoms with Gasteiger partial charge in [0.1, 0.15) is 11.7 Å². The van der Waals surface area contributed by atoms with Crippen LogP contribution in [-0.2, 0) is 19.1 Å². The van der Waals surface area contributed by atoms with Crippen LogP contribution < -0.4 is 0 Å². The predicted molar refractivity (Wildman–Crippen MR) is 135 cm³/mol. The van der Waals surface area contributed by atoms with E-state index in [0.717, 1.165) is 50.4 Å². The van der Waals surface area contributed by atoms with Crippen molar-refractivity contribution < 1.29 is 19.1 Å². The van der Waals surface area contributed by atoms with Crippen molar-refractivity contribution in [1.29, 1.82) is 0 Å². The fraction of sp³-hybridized carbons (Fsp3) is 0.935. The number of carbonyl (C=O) groups excluding carboxylic acids is 2. The smallest absolute Gasteiger partial charge is 0.312 e. The second kappa shape index (κ2) is 7.73. The highest BCUT2D eigenvalue weighted by Gasteiger charge is 2.69. The molecule has 7 aliphatic rings. The average Bonchev–Trinajstić information content (AvgIpc) is 3.08. The van der Waals surface area contributed by atoms with Crippen molar-refractivity contribution in [3.8, 4) is 0 Å². The summed E-state index contributed by atoms with van der Waals surface area (Å²) in [4.78, 5) is 27.3. The molecule has 0 spiro atoms. The van der Waals surface area contributed by atoms with Gasteiger partial charge >= 0.3 is 11.9 Å². The third kappa shape index (κ3) is 3.73. The molecule has 0 radical (unpaired) electrons. The zero-order chi connectivity index (χ0) is 25.0. The Kier molecular flexibility index (Phi) is 5.36. The summed E-state index contributed by atoms with van der Waals surface area (Å²) in [5.74, 6) is 3.45. The third-order valence-electron chi connectivity index (χ3n) is 11.8. The molecular weight excluding hydrogens is 436 g/mol. The highest BCUT2D eigenvalue weighted by Crippen LogP contribution is 2.69. The molecule has 6 bridgehead atoms. The Morgan fingerprint density at radius 1 is 0.857 bits per heavy atom. The van der Waals surface area contributed by atoms with E-state index < -0.39 is 0 Å². The van der Waals surface area contributed by atoms with Crippen LogP contribution in [-0.4, -0.2) is 23.6 Å². The molecule has 7 saturated carbocycles. The minimum atomic E-state index is -0.365. The van der Waals surface area contributed by atoms with E-state index >= 15 is 0 Å². The number of esters is 2. The van der Waals surface area contributed by atoms with Gasteiger partial charge in [-0.05, 0) is 111 Å². The Bertz CT molecular complexity index is 868. The molecule has 5 atom stereocenters. The molecule has 5 unspecified atom stereocenters. The molecule has 4 heteroatoms. The first-order valence-corrected chi connectivity index (χ1v) is 14.8. The van der Waals surface area contributed by atoms with Crippen LogP contribution in [0.5, 0.6) is 0 Å². The summed E-state index contributed by atoms with van der Waals surface area (Å²) in [7, 11) is 0. The topological polar surface area (TPSA) is 52.6 Å². The summed E-state index contributed by atoms with van der Waals surface area (Å²) in [6.07, 6.45) is 11.9. The molecule has 0 amide bonds. The predicted octanol–water partition coefficient (Wildman–Crippen LogP) is 6.94. The van der Waals surface area contributed by atoms with Gasteiger partial charge in [-0.3, -0.25) is 9.59 Å². The van der Waals surface area contributed by atoms with Crippen molar-refractivity contribution in [2.75, 3.05) is 0 Å². The Balaban J connectivity index is 1.14. The van der Waals surface area contributed by atoms with Gasteiger partial charge < -0.3 is 9.47 Å². The molecule has 0 heterocycles. The monoisotopic (exact) mass is 484 g/mol. The number of carbonyl (C=O) groups is 2. The van der Waals surface area contributed by atoms with Gasteiger partial charge in [0.2, 0.25) is 0 Å². The second-order valence-corrected chi connectivity index (χ2v) is 15.7. The highest BCUT2D eigenvalue weighted by molar-refractivity contribution is 5.82. The summed E-state index contributed by atoms with van der Waals surface area (Å²) in [6, 6.07) is 0. The molecule has 7 aliphatic carbocycles. The van der Waals surface area contributed by atoms with Crippen LogP contribution in [0.3, 0.4) is 0 Å². The standard InChI is InChI=1S/C31H48O4/c1-7-31(21-9-18-8-19(11-21)12-22(31)10-18)35-26(32)24-14-20-13-23(24)25(15-20)34-27(33)30(16-28(2,3)4)17-29(30,5)6/h18-25H,7-17H2,1-6H3. The first-order chi connectivity index (χ1) is 16.4. The van der Waals surface area contributed by atoms with Gasteiger partial charge in [0, 0.05) is 5.92 Å². The summed E-state index contributed by atoms with van der Waals surface area (Å²) >= 11 is 0. The SMILES string of the molecule is CCC1(OC(=O)C2CC3CC(OC(=O)C4(CC(C)(C)C)CC4(C)C)C2C3)C2CC3CC(C2)CC1C3. The largest absolute Gasteiger partial charge is 0.462 e. The lowest BCUT2D eigenvalue weighted by molar-refractivity contribution is -0.217. The molecule has 0 aliphatic heterocycles. The normalized spacial score (nSPS) is 48.7. The van der Waals surface area contributed by atoms with E-state index in [1.54, 1.807) is 0 Å². The van der Waals surface area contributed by atoms with E-state index in [2.05, 4.69) is 41.5 Å². The van der Waals surface area contributed by atoms with Crippen LogP contribution >= 0.6 is 0 Å². The lowest BCUT2D eigenvalue weighted by Gasteiger charge is -2.60. The van der Waals surface area contributed by atoms with Crippen molar-refractivity contribution in [2.45, 2.75) is 124 Å². The van der Waals surface area contributed by atoms with Crippen LogP contribution in [0.1, 0.15) is 112 Å². The van der Waals surface area contributed by atoms with Gasteiger partial charge in [0.25, 0.3) is 0 Å². The number of ether oxygens (including phenoxy) is 2. The lowest BCUT2D eigenvalue weighted by atomic mass is 9.49. The molecule has 4 nitrogen and oxygen atoms in total. The summed E-state index contributed by atoms with van der Waals surface area (Å²) in [5, 5.41) is 0. The van der Waals surface area contributed by atoms with Gasteiger partial charge in [0.05, 0.1) is 11.3 Å². The van der Waals surface area contributed by atoms with Crippen LogP contribution in [0.25, 0.3) is 0 Å². The number of hydrogen-bond donors (Lipinski definition) is 0. The number of fused-ring (bicyclic) bond motifs is 2. The number of rotatable bonds is 6. The Hall–Kier alpha value is -1.06. The minimum Gasteiger partial charge on any atom is -0.462 e. The van der Waals surface area contributed by atoms with Crippen LogP contribution in [0, 0.1) is 57.7 Å². The van der Waals surface area contributed by atoms with E-state index in [4.69, 9.17) is 9.47 Å². The van der Waals surface area contributed by atoms with Crippen LogP contribution in [0.15, 0.2) is 0 Å². The molecule has 0 aromatic rings. The van der Waals surface area contributed by atoms with Gasteiger partial charge in [-0.25, -0.2) is 0 Å². The second-order valence-electron chi connectivity index (χ2n) is 15.7. The fourth-order valence-electron chi connectivity index (χ4n) is 10.3. The average molecular weight is 485 g/mol. The van der Waals surface area contributed by atoms with Gasteiger partial charge in [-0.2, -0.15) is 0 Å². The van der Waals surface area contributed by atoms with E-state index in [1.807, 2.05) is 0 Å². The van der Waals surface area contributed by atoms with E-state index in [1.165, 1.54) is 32.1 Å². The minimum absolute atomic E-state index is 0.000290. The Morgan fingerprint density at radius 3 is 1.91 bits per heavy atom. The van der Waals surface area contributed by atoms with Crippen LogP contribution in [0.4, 0.5) is 0 Å². The maximum atomic E-state index is 13.8. The van der Waals surface area contributed by atoms with Crippen LogP contribution in [0.2, 0.25) is 0 Å². The van der Waals surface area contributed by atoms with Gasteiger partial charge in [-0.15, -0.1) is 0 Å². The molecule has 0 aromatic heterocycles. The zero-order valence-electron chi connectivity index (χ0n) is 23.0. The highest BCUT2D eigenvalue weighted by atomic mass is 16.6.